The zero-order valence-electron chi connectivity index (χ0n) is 13.0. The molecule has 0 aliphatic carbocycles. The fraction of sp³-hybridized carbons (Fsp3) is 0.600. The molecule has 0 atom stereocenters. The van der Waals surface area contributed by atoms with Crippen LogP contribution in [-0.2, 0) is 11.3 Å². The fourth-order valence-corrected chi connectivity index (χ4v) is 2.95. The third kappa shape index (κ3) is 2.61. The van der Waals surface area contributed by atoms with Crippen LogP contribution in [0.25, 0.3) is 11.0 Å². The number of morpholine rings is 1. The van der Waals surface area contributed by atoms with Crippen LogP contribution in [0.15, 0.2) is 0 Å². The van der Waals surface area contributed by atoms with Crippen LogP contribution in [0.4, 0.5) is 5.82 Å². The molecular weight excluding hydrogens is 266 g/mol. The SMILES string of the molecule is Cc1nc(N)c2nc(C)n(CCN3CCOCC3)c2c1C. The molecule has 0 unspecified atom stereocenters. The predicted octanol–water partition coefficient (Wildman–Crippen LogP) is 1.27. The van der Waals surface area contributed by atoms with Crippen molar-refractivity contribution in [3.05, 3.63) is 17.1 Å². The van der Waals surface area contributed by atoms with E-state index in [1.54, 1.807) is 0 Å². The standard InChI is InChI=1S/C15H23N5O/c1-10-11(2)17-15(16)13-14(10)20(12(3)18-13)5-4-19-6-8-21-9-7-19/h4-9H2,1-3H3,(H2,16,17). The molecule has 1 saturated heterocycles. The van der Waals surface area contributed by atoms with Gasteiger partial charge in [-0.15, -0.1) is 0 Å². The van der Waals surface area contributed by atoms with Gasteiger partial charge >= 0.3 is 0 Å². The van der Waals surface area contributed by atoms with E-state index in [4.69, 9.17) is 10.5 Å². The summed E-state index contributed by atoms with van der Waals surface area (Å²) in [4.78, 5) is 11.4. The van der Waals surface area contributed by atoms with Crippen LogP contribution in [0.1, 0.15) is 17.1 Å². The number of aromatic nitrogens is 3. The summed E-state index contributed by atoms with van der Waals surface area (Å²) in [6.45, 7) is 11.7. The molecule has 0 spiro atoms. The van der Waals surface area contributed by atoms with Gasteiger partial charge in [0.25, 0.3) is 0 Å². The average molecular weight is 289 g/mol. The Labute approximate surface area is 124 Å². The second kappa shape index (κ2) is 5.61. The number of hydrogen-bond donors (Lipinski definition) is 1. The molecule has 6 heteroatoms. The number of nitrogens with zero attached hydrogens (tertiary/aromatic N) is 4. The summed E-state index contributed by atoms with van der Waals surface area (Å²) in [5, 5.41) is 0. The molecule has 3 heterocycles. The first kappa shape index (κ1) is 14.3. The Morgan fingerprint density at radius 1 is 1.10 bits per heavy atom. The molecule has 0 aromatic carbocycles. The molecule has 21 heavy (non-hydrogen) atoms. The normalized spacial score (nSPS) is 16.7. The van der Waals surface area contributed by atoms with Gasteiger partial charge in [-0.3, -0.25) is 4.90 Å². The van der Waals surface area contributed by atoms with Gasteiger partial charge < -0.3 is 15.0 Å². The molecule has 2 aromatic rings. The first-order valence-electron chi connectivity index (χ1n) is 7.47. The Morgan fingerprint density at radius 2 is 1.81 bits per heavy atom. The molecule has 2 N–H and O–H groups in total. The van der Waals surface area contributed by atoms with Crippen LogP contribution in [0.2, 0.25) is 0 Å². The fourth-order valence-electron chi connectivity index (χ4n) is 2.95. The number of nitrogens with two attached hydrogens (primary N) is 1. The van der Waals surface area contributed by atoms with Gasteiger partial charge in [-0.05, 0) is 26.3 Å². The Hall–Kier alpha value is -1.66. The van der Waals surface area contributed by atoms with Crippen molar-refractivity contribution in [2.75, 3.05) is 38.6 Å². The Kier molecular flexibility index (Phi) is 3.82. The summed E-state index contributed by atoms with van der Waals surface area (Å²) >= 11 is 0. The number of pyridine rings is 1. The van der Waals surface area contributed by atoms with Crippen molar-refractivity contribution in [1.82, 2.24) is 19.4 Å². The van der Waals surface area contributed by atoms with E-state index in [9.17, 15) is 0 Å². The highest BCUT2D eigenvalue weighted by Gasteiger charge is 2.17. The lowest BCUT2D eigenvalue weighted by molar-refractivity contribution is 0.0364. The Balaban J connectivity index is 1.92. The van der Waals surface area contributed by atoms with Crippen LogP contribution < -0.4 is 5.73 Å². The zero-order valence-corrected chi connectivity index (χ0v) is 13.0. The maximum absolute atomic E-state index is 6.03. The summed E-state index contributed by atoms with van der Waals surface area (Å²) < 4.78 is 7.66. The van der Waals surface area contributed by atoms with Crippen molar-refractivity contribution in [3.8, 4) is 0 Å². The highest BCUT2D eigenvalue weighted by Crippen LogP contribution is 2.25. The van der Waals surface area contributed by atoms with Crippen molar-refractivity contribution in [1.29, 1.82) is 0 Å². The smallest absolute Gasteiger partial charge is 0.151 e. The molecule has 1 aliphatic heterocycles. The molecule has 0 amide bonds. The molecule has 3 rings (SSSR count). The molecule has 2 aromatic heterocycles. The third-order valence-electron chi connectivity index (χ3n) is 4.33. The van der Waals surface area contributed by atoms with Crippen molar-refractivity contribution < 1.29 is 4.74 Å². The number of anilines is 1. The summed E-state index contributed by atoms with van der Waals surface area (Å²) in [5.41, 5.74) is 10.1. The number of nitrogen functional groups attached to an aromatic ring is 1. The van der Waals surface area contributed by atoms with E-state index >= 15 is 0 Å². The predicted molar refractivity (Wildman–Crippen MR) is 83.4 cm³/mol. The van der Waals surface area contributed by atoms with Gasteiger partial charge in [0.15, 0.2) is 5.82 Å². The topological polar surface area (TPSA) is 69.2 Å². The summed E-state index contributed by atoms with van der Waals surface area (Å²) in [5.74, 6) is 1.53. The van der Waals surface area contributed by atoms with E-state index < -0.39 is 0 Å². The maximum atomic E-state index is 6.03. The number of hydrogen-bond acceptors (Lipinski definition) is 5. The van der Waals surface area contributed by atoms with Crippen LogP contribution in [0.5, 0.6) is 0 Å². The highest BCUT2D eigenvalue weighted by molar-refractivity contribution is 5.88. The highest BCUT2D eigenvalue weighted by atomic mass is 16.5. The van der Waals surface area contributed by atoms with Crippen LogP contribution in [0, 0.1) is 20.8 Å². The van der Waals surface area contributed by atoms with E-state index in [1.807, 2.05) is 13.8 Å². The number of ether oxygens (including phenoxy) is 1. The van der Waals surface area contributed by atoms with Gasteiger partial charge in [0.2, 0.25) is 0 Å². The van der Waals surface area contributed by atoms with Crippen molar-refractivity contribution >= 4 is 16.9 Å². The lowest BCUT2D eigenvalue weighted by atomic mass is 10.2. The van der Waals surface area contributed by atoms with Crippen LogP contribution in [-0.4, -0.2) is 52.3 Å². The molecule has 0 saturated carbocycles. The Morgan fingerprint density at radius 3 is 2.52 bits per heavy atom. The summed E-state index contributed by atoms with van der Waals surface area (Å²) in [7, 11) is 0. The van der Waals surface area contributed by atoms with Gasteiger partial charge in [-0.1, -0.05) is 0 Å². The van der Waals surface area contributed by atoms with Crippen molar-refractivity contribution in [3.63, 3.8) is 0 Å². The van der Waals surface area contributed by atoms with E-state index in [0.717, 1.165) is 61.9 Å². The number of fused-ring (bicyclic) bond motifs is 1. The second-order valence-electron chi connectivity index (χ2n) is 5.67. The molecule has 6 nitrogen and oxygen atoms in total. The van der Waals surface area contributed by atoms with Crippen molar-refractivity contribution in [2.45, 2.75) is 27.3 Å². The lowest BCUT2D eigenvalue weighted by Gasteiger charge is -2.27. The first-order chi connectivity index (χ1) is 10.1. The number of aryl methyl sites for hydroxylation is 3. The third-order valence-corrected chi connectivity index (χ3v) is 4.33. The van der Waals surface area contributed by atoms with Gasteiger partial charge in [0, 0.05) is 31.9 Å². The molecular formula is C15H23N5O. The molecule has 114 valence electrons. The van der Waals surface area contributed by atoms with E-state index in [1.165, 1.54) is 5.56 Å². The molecule has 1 aliphatic rings. The van der Waals surface area contributed by atoms with Gasteiger partial charge in [0.05, 0.1) is 18.7 Å². The van der Waals surface area contributed by atoms with Crippen molar-refractivity contribution in [2.24, 2.45) is 0 Å². The van der Waals surface area contributed by atoms with Gasteiger partial charge in [0.1, 0.15) is 11.3 Å². The van der Waals surface area contributed by atoms with Gasteiger partial charge in [-0.25, -0.2) is 9.97 Å². The van der Waals surface area contributed by atoms with E-state index in [-0.39, 0.29) is 0 Å². The summed E-state index contributed by atoms with van der Waals surface area (Å²) in [6.07, 6.45) is 0. The number of rotatable bonds is 3. The molecule has 1 fully saturated rings. The number of imidazole rings is 1. The van der Waals surface area contributed by atoms with E-state index in [2.05, 4.69) is 26.4 Å². The average Bonchev–Trinajstić information content (AvgIpc) is 2.81. The van der Waals surface area contributed by atoms with Crippen LogP contribution in [0.3, 0.4) is 0 Å². The lowest BCUT2D eigenvalue weighted by Crippen LogP contribution is -2.38. The largest absolute Gasteiger partial charge is 0.382 e. The Bertz CT molecular complexity index is 658. The minimum atomic E-state index is 0.529. The molecule has 0 radical (unpaired) electrons. The van der Waals surface area contributed by atoms with Gasteiger partial charge in [-0.2, -0.15) is 0 Å². The quantitative estimate of drug-likeness (QED) is 0.921. The monoisotopic (exact) mass is 289 g/mol. The maximum Gasteiger partial charge on any atom is 0.151 e. The van der Waals surface area contributed by atoms with Crippen LogP contribution >= 0.6 is 0 Å². The summed E-state index contributed by atoms with van der Waals surface area (Å²) in [6, 6.07) is 0. The molecule has 0 bridgehead atoms. The zero-order chi connectivity index (χ0) is 15.0. The van der Waals surface area contributed by atoms with E-state index in [0.29, 0.717) is 5.82 Å². The first-order valence-corrected chi connectivity index (χ1v) is 7.47. The second-order valence-corrected chi connectivity index (χ2v) is 5.67. The minimum Gasteiger partial charge on any atom is -0.382 e. The minimum absolute atomic E-state index is 0.529.